The standard InChI is InChI=1S/C12H12BNO2/c1-9-2-4-10(5-3-9)12-8-11(13(15)16)6-7-14-12/h2-8,15-16H,1H3. The van der Waals surface area contributed by atoms with E-state index in [0.29, 0.717) is 5.46 Å². The van der Waals surface area contributed by atoms with Crippen molar-refractivity contribution in [3.63, 3.8) is 0 Å². The highest BCUT2D eigenvalue weighted by Gasteiger charge is 2.11. The summed E-state index contributed by atoms with van der Waals surface area (Å²) < 4.78 is 0. The van der Waals surface area contributed by atoms with Crippen LogP contribution >= 0.6 is 0 Å². The van der Waals surface area contributed by atoms with Gasteiger partial charge in [0, 0.05) is 11.8 Å². The second kappa shape index (κ2) is 4.47. The van der Waals surface area contributed by atoms with Gasteiger partial charge in [-0.3, -0.25) is 4.98 Å². The number of aryl methyl sites for hydroxylation is 1. The Morgan fingerprint density at radius 2 is 1.75 bits per heavy atom. The summed E-state index contributed by atoms with van der Waals surface area (Å²) in [5.74, 6) is 0. The van der Waals surface area contributed by atoms with Crippen LogP contribution in [-0.4, -0.2) is 22.2 Å². The molecule has 0 saturated carbocycles. The number of pyridine rings is 1. The molecule has 2 N–H and O–H groups in total. The fraction of sp³-hybridized carbons (Fsp3) is 0.0833. The molecule has 2 aromatic rings. The van der Waals surface area contributed by atoms with Crippen LogP contribution in [-0.2, 0) is 0 Å². The first kappa shape index (κ1) is 10.9. The molecule has 0 radical (unpaired) electrons. The smallest absolute Gasteiger partial charge is 0.423 e. The van der Waals surface area contributed by atoms with E-state index < -0.39 is 7.12 Å². The van der Waals surface area contributed by atoms with Crippen LogP contribution in [0.15, 0.2) is 42.6 Å². The molecule has 0 bridgehead atoms. The zero-order valence-electron chi connectivity index (χ0n) is 8.96. The molecule has 16 heavy (non-hydrogen) atoms. The van der Waals surface area contributed by atoms with Gasteiger partial charge in [0.05, 0.1) is 5.69 Å². The van der Waals surface area contributed by atoms with Crippen molar-refractivity contribution in [2.75, 3.05) is 0 Å². The highest BCUT2D eigenvalue weighted by molar-refractivity contribution is 6.58. The Labute approximate surface area is 94.6 Å². The van der Waals surface area contributed by atoms with Crippen LogP contribution in [0.4, 0.5) is 0 Å². The number of nitrogens with zero attached hydrogens (tertiary/aromatic N) is 1. The summed E-state index contributed by atoms with van der Waals surface area (Å²) in [6.07, 6.45) is 1.57. The summed E-state index contributed by atoms with van der Waals surface area (Å²) in [7, 11) is -1.45. The fourth-order valence-corrected chi connectivity index (χ4v) is 1.49. The van der Waals surface area contributed by atoms with Gasteiger partial charge in [0.1, 0.15) is 0 Å². The van der Waals surface area contributed by atoms with Crippen LogP contribution in [0.5, 0.6) is 0 Å². The summed E-state index contributed by atoms with van der Waals surface area (Å²) in [6, 6.07) is 11.2. The van der Waals surface area contributed by atoms with Crippen LogP contribution < -0.4 is 5.46 Å². The maximum atomic E-state index is 9.07. The lowest BCUT2D eigenvalue weighted by Gasteiger charge is -2.04. The van der Waals surface area contributed by atoms with E-state index in [1.54, 1.807) is 18.3 Å². The van der Waals surface area contributed by atoms with E-state index in [2.05, 4.69) is 4.98 Å². The maximum Gasteiger partial charge on any atom is 0.488 e. The number of aromatic nitrogens is 1. The molecule has 0 unspecified atom stereocenters. The van der Waals surface area contributed by atoms with Crippen molar-refractivity contribution in [1.82, 2.24) is 4.98 Å². The molecule has 0 aliphatic heterocycles. The van der Waals surface area contributed by atoms with Gasteiger partial charge in [0.15, 0.2) is 0 Å². The molecule has 0 saturated heterocycles. The van der Waals surface area contributed by atoms with Gasteiger partial charge in [-0.25, -0.2) is 0 Å². The van der Waals surface area contributed by atoms with E-state index >= 15 is 0 Å². The molecule has 0 aliphatic carbocycles. The Balaban J connectivity index is 2.40. The summed E-state index contributed by atoms with van der Waals surface area (Å²) in [5.41, 5.74) is 3.34. The Hall–Kier alpha value is -1.65. The van der Waals surface area contributed by atoms with E-state index in [4.69, 9.17) is 10.0 Å². The molecule has 4 heteroatoms. The van der Waals surface area contributed by atoms with E-state index in [1.165, 1.54) is 5.56 Å². The molecule has 2 rings (SSSR count). The molecular formula is C12H12BNO2. The van der Waals surface area contributed by atoms with Crippen LogP contribution in [0.25, 0.3) is 11.3 Å². The molecule has 0 aliphatic rings. The summed E-state index contributed by atoms with van der Waals surface area (Å²) >= 11 is 0. The molecule has 0 amide bonds. The van der Waals surface area contributed by atoms with Gasteiger partial charge in [-0.1, -0.05) is 29.8 Å². The van der Waals surface area contributed by atoms with Crippen molar-refractivity contribution < 1.29 is 10.0 Å². The minimum atomic E-state index is -1.45. The predicted molar refractivity (Wildman–Crippen MR) is 64.2 cm³/mol. The number of rotatable bonds is 2. The number of hydrogen-bond donors (Lipinski definition) is 2. The van der Waals surface area contributed by atoms with Gasteiger partial charge in [-0.2, -0.15) is 0 Å². The fourth-order valence-electron chi connectivity index (χ4n) is 1.49. The third-order valence-corrected chi connectivity index (χ3v) is 2.43. The van der Waals surface area contributed by atoms with Gasteiger partial charge in [0.25, 0.3) is 0 Å². The molecule has 80 valence electrons. The second-order valence-electron chi connectivity index (χ2n) is 3.71. The lowest BCUT2D eigenvalue weighted by atomic mass is 9.80. The molecule has 1 aromatic carbocycles. The van der Waals surface area contributed by atoms with E-state index in [9.17, 15) is 0 Å². The summed E-state index contributed by atoms with van der Waals surface area (Å²) in [4.78, 5) is 4.20. The minimum absolute atomic E-state index is 0.450. The van der Waals surface area contributed by atoms with Gasteiger partial charge in [-0.15, -0.1) is 0 Å². The third-order valence-electron chi connectivity index (χ3n) is 2.43. The molecule has 0 atom stereocenters. The van der Waals surface area contributed by atoms with Crippen molar-refractivity contribution in [2.45, 2.75) is 6.92 Å². The van der Waals surface area contributed by atoms with Crippen molar-refractivity contribution in [3.8, 4) is 11.3 Å². The molecule has 1 heterocycles. The first-order valence-electron chi connectivity index (χ1n) is 5.06. The topological polar surface area (TPSA) is 53.4 Å². The van der Waals surface area contributed by atoms with Crippen molar-refractivity contribution in [1.29, 1.82) is 0 Å². The van der Waals surface area contributed by atoms with E-state index in [1.807, 2.05) is 31.2 Å². The van der Waals surface area contributed by atoms with Crippen LogP contribution in [0.1, 0.15) is 5.56 Å². The van der Waals surface area contributed by atoms with E-state index in [0.717, 1.165) is 11.3 Å². The van der Waals surface area contributed by atoms with Crippen LogP contribution in [0.3, 0.4) is 0 Å². The lowest BCUT2D eigenvalue weighted by Crippen LogP contribution is -2.29. The largest absolute Gasteiger partial charge is 0.488 e. The summed E-state index contributed by atoms with van der Waals surface area (Å²) in [6.45, 7) is 2.02. The zero-order valence-corrected chi connectivity index (χ0v) is 8.96. The normalized spacial score (nSPS) is 10.2. The van der Waals surface area contributed by atoms with Crippen molar-refractivity contribution in [2.24, 2.45) is 0 Å². The highest BCUT2D eigenvalue weighted by atomic mass is 16.4. The van der Waals surface area contributed by atoms with Gasteiger partial charge in [0.2, 0.25) is 0 Å². The van der Waals surface area contributed by atoms with Crippen LogP contribution in [0.2, 0.25) is 0 Å². The average Bonchev–Trinajstić information content (AvgIpc) is 2.30. The monoisotopic (exact) mass is 213 g/mol. The molecule has 0 fully saturated rings. The first-order chi connectivity index (χ1) is 7.66. The highest BCUT2D eigenvalue weighted by Crippen LogP contribution is 2.15. The SMILES string of the molecule is Cc1ccc(-c2cc(B(O)O)ccn2)cc1. The zero-order chi connectivity index (χ0) is 11.5. The molecule has 0 spiro atoms. The summed E-state index contributed by atoms with van der Waals surface area (Å²) in [5, 5.41) is 18.1. The molecule has 1 aromatic heterocycles. The Morgan fingerprint density at radius 3 is 2.38 bits per heavy atom. The van der Waals surface area contributed by atoms with Gasteiger partial charge < -0.3 is 10.0 Å². The van der Waals surface area contributed by atoms with E-state index in [-0.39, 0.29) is 0 Å². The Morgan fingerprint density at radius 1 is 1.06 bits per heavy atom. The number of benzene rings is 1. The molecule has 3 nitrogen and oxygen atoms in total. The minimum Gasteiger partial charge on any atom is -0.423 e. The second-order valence-corrected chi connectivity index (χ2v) is 3.71. The quantitative estimate of drug-likeness (QED) is 0.723. The van der Waals surface area contributed by atoms with Crippen molar-refractivity contribution in [3.05, 3.63) is 48.2 Å². The first-order valence-corrected chi connectivity index (χ1v) is 5.06. The molecular weight excluding hydrogens is 201 g/mol. The Kier molecular flexibility index (Phi) is 3.03. The average molecular weight is 213 g/mol. The third kappa shape index (κ3) is 2.29. The van der Waals surface area contributed by atoms with Crippen LogP contribution in [0, 0.1) is 6.92 Å². The van der Waals surface area contributed by atoms with Gasteiger partial charge >= 0.3 is 7.12 Å². The predicted octanol–water partition coefficient (Wildman–Crippen LogP) is 0.737. The lowest BCUT2D eigenvalue weighted by molar-refractivity contribution is 0.425. The van der Waals surface area contributed by atoms with Gasteiger partial charge in [-0.05, 0) is 24.5 Å². The number of hydrogen-bond acceptors (Lipinski definition) is 3. The van der Waals surface area contributed by atoms with Crippen molar-refractivity contribution >= 4 is 12.6 Å². The maximum absolute atomic E-state index is 9.07. The Bertz CT molecular complexity index is 483.